The molecule has 1 amide bonds. The first-order valence-electron chi connectivity index (χ1n) is 10.1. The standard InChI is InChI=1S/C21H21ClN4O3S2.ClH/c22-16-3-1-15-12-17(4-2-14(15)11-16)31(28,29)26-9-7-25(8-10-26)21(27)20-24-18-5-6-23-13-19(18)30-20;/h1-4,11-12,23H,5-10,13H2;1H. The Morgan fingerprint density at radius 3 is 2.53 bits per heavy atom. The van der Waals surface area contributed by atoms with Gasteiger partial charge in [0.25, 0.3) is 5.91 Å². The summed E-state index contributed by atoms with van der Waals surface area (Å²) < 4.78 is 27.8. The zero-order valence-electron chi connectivity index (χ0n) is 17.1. The quantitative estimate of drug-likeness (QED) is 0.582. The predicted octanol–water partition coefficient (Wildman–Crippen LogP) is 3.16. The van der Waals surface area contributed by atoms with Crippen molar-refractivity contribution in [3.8, 4) is 0 Å². The highest BCUT2D eigenvalue weighted by molar-refractivity contribution is 7.89. The van der Waals surface area contributed by atoms with Crippen molar-refractivity contribution in [1.82, 2.24) is 19.5 Å². The second-order valence-electron chi connectivity index (χ2n) is 7.67. The number of nitrogens with zero attached hydrogens (tertiary/aromatic N) is 3. The summed E-state index contributed by atoms with van der Waals surface area (Å²) in [7, 11) is -3.64. The van der Waals surface area contributed by atoms with E-state index >= 15 is 0 Å². The van der Waals surface area contributed by atoms with Crippen LogP contribution < -0.4 is 5.32 Å². The van der Waals surface area contributed by atoms with Crippen molar-refractivity contribution in [1.29, 1.82) is 0 Å². The lowest BCUT2D eigenvalue weighted by Gasteiger charge is -2.33. The van der Waals surface area contributed by atoms with E-state index in [0.717, 1.165) is 40.9 Å². The summed E-state index contributed by atoms with van der Waals surface area (Å²) >= 11 is 7.45. The van der Waals surface area contributed by atoms with E-state index in [1.807, 2.05) is 12.1 Å². The monoisotopic (exact) mass is 512 g/mol. The van der Waals surface area contributed by atoms with E-state index in [2.05, 4.69) is 10.3 Å². The number of fused-ring (bicyclic) bond motifs is 2. The van der Waals surface area contributed by atoms with Gasteiger partial charge in [-0.15, -0.1) is 23.7 Å². The van der Waals surface area contributed by atoms with Crippen LogP contribution in [0.5, 0.6) is 0 Å². The van der Waals surface area contributed by atoms with E-state index in [0.29, 0.717) is 23.1 Å². The number of carbonyl (C=O) groups is 1. The molecule has 32 heavy (non-hydrogen) atoms. The average molecular weight is 513 g/mol. The number of hydrogen-bond acceptors (Lipinski definition) is 6. The highest BCUT2D eigenvalue weighted by Gasteiger charge is 2.32. The van der Waals surface area contributed by atoms with Crippen LogP contribution in [0, 0.1) is 0 Å². The largest absolute Gasteiger partial charge is 0.334 e. The molecule has 0 spiro atoms. The van der Waals surface area contributed by atoms with E-state index in [-0.39, 0.29) is 36.3 Å². The van der Waals surface area contributed by atoms with Gasteiger partial charge in [0, 0.05) is 55.6 Å². The molecule has 7 nitrogen and oxygen atoms in total. The molecule has 11 heteroatoms. The normalized spacial score (nSPS) is 17.1. The van der Waals surface area contributed by atoms with Gasteiger partial charge in [0.1, 0.15) is 0 Å². The van der Waals surface area contributed by atoms with Crippen molar-refractivity contribution in [2.75, 3.05) is 32.7 Å². The summed E-state index contributed by atoms with van der Waals surface area (Å²) in [6, 6.07) is 10.4. The van der Waals surface area contributed by atoms with Gasteiger partial charge in [0.2, 0.25) is 10.0 Å². The molecule has 2 aliphatic rings. The summed E-state index contributed by atoms with van der Waals surface area (Å²) in [5.41, 5.74) is 1.01. The lowest BCUT2D eigenvalue weighted by Crippen LogP contribution is -2.50. The van der Waals surface area contributed by atoms with Gasteiger partial charge in [0.05, 0.1) is 10.6 Å². The van der Waals surface area contributed by atoms with Crippen LogP contribution >= 0.6 is 35.3 Å². The van der Waals surface area contributed by atoms with Crippen molar-refractivity contribution in [3.63, 3.8) is 0 Å². The van der Waals surface area contributed by atoms with Gasteiger partial charge < -0.3 is 10.2 Å². The first-order valence-corrected chi connectivity index (χ1v) is 12.7. The molecule has 1 N–H and O–H groups in total. The Balaban J connectivity index is 0.00000245. The molecule has 2 aliphatic heterocycles. The highest BCUT2D eigenvalue weighted by atomic mass is 35.5. The number of carbonyl (C=O) groups excluding carboxylic acids is 1. The Labute approximate surface area is 201 Å². The molecular formula is C21H22Cl2N4O3S2. The summed E-state index contributed by atoms with van der Waals surface area (Å²) in [6.45, 7) is 2.86. The predicted molar refractivity (Wildman–Crippen MR) is 128 cm³/mol. The van der Waals surface area contributed by atoms with Crippen molar-refractivity contribution < 1.29 is 13.2 Å². The molecule has 3 heterocycles. The van der Waals surface area contributed by atoms with Gasteiger partial charge >= 0.3 is 0 Å². The molecule has 0 atom stereocenters. The number of aromatic nitrogens is 1. The Morgan fingerprint density at radius 2 is 1.78 bits per heavy atom. The minimum absolute atomic E-state index is 0. The molecule has 5 rings (SSSR count). The van der Waals surface area contributed by atoms with Gasteiger partial charge in [0.15, 0.2) is 5.01 Å². The number of rotatable bonds is 3. The zero-order valence-corrected chi connectivity index (χ0v) is 20.3. The van der Waals surface area contributed by atoms with E-state index in [4.69, 9.17) is 11.6 Å². The molecule has 1 fully saturated rings. The zero-order chi connectivity index (χ0) is 21.6. The Kier molecular flexibility index (Phi) is 6.76. The van der Waals surface area contributed by atoms with E-state index in [1.165, 1.54) is 15.6 Å². The van der Waals surface area contributed by atoms with Crippen molar-refractivity contribution in [2.45, 2.75) is 17.9 Å². The minimum atomic E-state index is -3.64. The molecule has 0 bridgehead atoms. The highest BCUT2D eigenvalue weighted by Crippen LogP contribution is 2.26. The van der Waals surface area contributed by atoms with Crippen LogP contribution in [0.4, 0.5) is 0 Å². The molecule has 0 aliphatic carbocycles. The van der Waals surface area contributed by atoms with E-state index in [9.17, 15) is 13.2 Å². The molecule has 3 aromatic rings. The fraction of sp³-hybridized carbons (Fsp3) is 0.333. The molecule has 170 valence electrons. The Morgan fingerprint density at radius 1 is 1.06 bits per heavy atom. The fourth-order valence-corrected chi connectivity index (χ4v) is 6.67. The van der Waals surface area contributed by atoms with Crippen LogP contribution in [0.15, 0.2) is 41.3 Å². The molecule has 0 radical (unpaired) electrons. The molecule has 0 unspecified atom stereocenters. The maximum atomic E-state index is 13.2. The van der Waals surface area contributed by atoms with Crippen LogP contribution in [-0.4, -0.2) is 61.2 Å². The van der Waals surface area contributed by atoms with E-state index < -0.39 is 10.0 Å². The second-order valence-corrected chi connectivity index (χ2v) is 11.1. The molecule has 2 aromatic carbocycles. The number of benzene rings is 2. The van der Waals surface area contributed by atoms with Crippen LogP contribution in [0.3, 0.4) is 0 Å². The molecule has 1 aromatic heterocycles. The summed E-state index contributed by atoms with van der Waals surface area (Å²) in [4.78, 5) is 20.5. The Hall–Kier alpha value is -1.75. The topological polar surface area (TPSA) is 82.6 Å². The van der Waals surface area contributed by atoms with Gasteiger partial charge in [-0.1, -0.05) is 23.7 Å². The summed E-state index contributed by atoms with van der Waals surface area (Å²) in [5.74, 6) is -0.112. The third-order valence-electron chi connectivity index (χ3n) is 5.72. The lowest BCUT2D eigenvalue weighted by atomic mass is 10.1. The van der Waals surface area contributed by atoms with Crippen LogP contribution in [0.1, 0.15) is 20.4 Å². The summed E-state index contributed by atoms with van der Waals surface area (Å²) in [6.07, 6.45) is 0.836. The maximum absolute atomic E-state index is 13.2. The molecule has 1 saturated heterocycles. The molecular weight excluding hydrogens is 491 g/mol. The number of hydrogen-bond donors (Lipinski definition) is 1. The first-order chi connectivity index (χ1) is 14.9. The number of thiazole rings is 1. The van der Waals surface area contributed by atoms with Gasteiger partial charge in [-0.3, -0.25) is 4.79 Å². The van der Waals surface area contributed by atoms with Gasteiger partial charge in [-0.2, -0.15) is 4.31 Å². The maximum Gasteiger partial charge on any atom is 0.282 e. The second kappa shape index (κ2) is 9.24. The smallest absolute Gasteiger partial charge is 0.282 e. The van der Waals surface area contributed by atoms with Gasteiger partial charge in [-0.05, 0) is 35.0 Å². The Bertz CT molecular complexity index is 1250. The molecule has 0 saturated carbocycles. The third-order valence-corrected chi connectivity index (χ3v) is 8.94. The number of halogens is 2. The number of amides is 1. The van der Waals surface area contributed by atoms with Crippen molar-refractivity contribution in [3.05, 3.63) is 57.0 Å². The first kappa shape index (κ1) is 23.4. The lowest BCUT2D eigenvalue weighted by molar-refractivity contribution is 0.0697. The van der Waals surface area contributed by atoms with E-state index in [1.54, 1.807) is 29.2 Å². The van der Waals surface area contributed by atoms with Crippen LogP contribution in [-0.2, 0) is 23.0 Å². The SMILES string of the molecule is Cl.O=C(c1nc2c(s1)CNCC2)N1CCN(S(=O)(=O)c2ccc3cc(Cl)ccc3c2)CC1. The third kappa shape index (κ3) is 4.37. The van der Waals surface area contributed by atoms with Gasteiger partial charge in [-0.25, -0.2) is 13.4 Å². The number of sulfonamides is 1. The number of nitrogens with one attached hydrogen (secondary N) is 1. The minimum Gasteiger partial charge on any atom is -0.334 e. The fourth-order valence-electron chi connectivity index (χ4n) is 3.99. The van der Waals surface area contributed by atoms with Crippen LogP contribution in [0.25, 0.3) is 10.8 Å². The van der Waals surface area contributed by atoms with Crippen molar-refractivity contribution in [2.24, 2.45) is 0 Å². The number of piperazine rings is 1. The van der Waals surface area contributed by atoms with Crippen LogP contribution in [0.2, 0.25) is 5.02 Å². The van der Waals surface area contributed by atoms with Crippen molar-refractivity contribution >= 4 is 62.0 Å². The summed E-state index contributed by atoms with van der Waals surface area (Å²) in [5, 5.41) is 6.11. The average Bonchev–Trinajstić information content (AvgIpc) is 3.22.